The molecular formula is C24H30N2O5. The molecule has 0 spiro atoms. The first-order valence-corrected chi connectivity index (χ1v) is 10.7. The van der Waals surface area contributed by atoms with E-state index in [-0.39, 0.29) is 12.5 Å². The van der Waals surface area contributed by atoms with Crippen LogP contribution in [-0.4, -0.2) is 51.4 Å². The molecule has 1 amide bonds. The standard InChI is InChI=1S/C24H30N2O5/c1-4-30-24(28)21-15-19(8-9-22(21)26-10-12-29-13-11-26)25-23(27)18-6-5-7-20(14-18)31-16-17(2)3/h5-9,14-15,17H,4,10-13,16H2,1-3H3,(H,25,27). The summed E-state index contributed by atoms with van der Waals surface area (Å²) in [7, 11) is 0. The van der Waals surface area contributed by atoms with Crippen LogP contribution in [0.3, 0.4) is 0 Å². The normalized spacial score (nSPS) is 13.7. The lowest BCUT2D eigenvalue weighted by Crippen LogP contribution is -2.37. The molecule has 0 unspecified atom stereocenters. The van der Waals surface area contributed by atoms with Crippen molar-refractivity contribution in [1.29, 1.82) is 0 Å². The lowest BCUT2D eigenvalue weighted by atomic mass is 10.1. The van der Waals surface area contributed by atoms with Gasteiger partial charge in [-0.25, -0.2) is 4.79 Å². The van der Waals surface area contributed by atoms with E-state index in [0.29, 0.717) is 61.4 Å². The third-order valence-corrected chi connectivity index (χ3v) is 4.78. The van der Waals surface area contributed by atoms with E-state index < -0.39 is 5.97 Å². The number of nitrogens with one attached hydrogen (secondary N) is 1. The topological polar surface area (TPSA) is 77.1 Å². The van der Waals surface area contributed by atoms with E-state index in [4.69, 9.17) is 14.2 Å². The van der Waals surface area contributed by atoms with Gasteiger partial charge in [-0.2, -0.15) is 0 Å². The molecule has 166 valence electrons. The summed E-state index contributed by atoms with van der Waals surface area (Å²) in [6, 6.07) is 12.4. The largest absolute Gasteiger partial charge is 0.493 e. The molecule has 1 N–H and O–H groups in total. The molecule has 1 fully saturated rings. The monoisotopic (exact) mass is 426 g/mol. The van der Waals surface area contributed by atoms with Crippen LogP contribution in [0.2, 0.25) is 0 Å². The highest BCUT2D eigenvalue weighted by Crippen LogP contribution is 2.27. The minimum atomic E-state index is -0.413. The first kappa shape index (κ1) is 22.6. The van der Waals surface area contributed by atoms with E-state index in [1.54, 1.807) is 37.3 Å². The van der Waals surface area contributed by atoms with Crippen molar-refractivity contribution in [3.63, 3.8) is 0 Å². The maximum Gasteiger partial charge on any atom is 0.340 e. The lowest BCUT2D eigenvalue weighted by Gasteiger charge is -2.30. The number of morpholine rings is 1. The van der Waals surface area contributed by atoms with Crippen molar-refractivity contribution >= 4 is 23.3 Å². The van der Waals surface area contributed by atoms with Crippen molar-refractivity contribution in [2.75, 3.05) is 49.7 Å². The second kappa shape index (κ2) is 10.8. The molecule has 3 rings (SSSR count). The lowest BCUT2D eigenvalue weighted by molar-refractivity contribution is 0.0526. The Labute approximate surface area is 183 Å². The number of esters is 1. The number of carbonyl (C=O) groups is 2. The molecule has 0 atom stereocenters. The minimum absolute atomic E-state index is 0.274. The highest BCUT2D eigenvalue weighted by atomic mass is 16.5. The van der Waals surface area contributed by atoms with E-state index in [0.717, 1.165) is 5.69 Å². The van der Waals surface area contributed by atoms with E-state index in [1.165, 1.54) is 0 Å². The van der Waals surface area contributed by atoms with Gasteiger partial charge in [0.2, 0.25) is 0 Å². The van der Waals surface area contributed by atoms with E-state index in [9.17, 15) is 9.59 Å². The molecule has 1 heterocycles. The Hall–Kier alpha value is -3.06. The van der Waals surface area contributed by atoms with Crippen molar-refractivity contribution in [3.8, 4) is 5.75 Å². The first-order chi connectivity index (χ1) is 15.0. The number of hydrogen-bond acceptors (Lipinski definition) is 6. The molecule has 2 aromatic rings. The summed E-state index contributed by atoms with van der Waals surface area (Å²) in [5, 5.41) is 2.87. The van der Waals surface area contributed by atoms with Gasteiger partial charge in [-0.1, -0.05) is 19.9 Å². The van der Waals surface area contributed by atoms with Crippen LogP contribution in [0.5, 0.6) is 5.75 Å². The van der Waals surface area contributed by atoms with Crippen LogP contribution in [0.15, 0.2) is 42.5 Å². The molecule has 7 heteroatoms. The third-order valence-electron chi connectivity index (χ3n) is 4.78. The highest BCUT2D eigenvalue weighted by molar-refractivity contribution is 6.05. The van der Waals surface area contributed by atoms with Crippen molar-refractivity contribution in [2.45, 2.75) is 20.8 Å². The van der Waals surface area contributed by atoms with Gasteiger partial charge in [0.05, 0.1) is 37.7 Å². The van der Waals surface area contributed by atoms with Crippen LogP contribution < -0.4 is 15.0 Å². The summed E-state index contributed by atoms with van der Waals surface area (Å²) < 4.78 is 16.4. The Morgan fingerprint density at radius 3 is 2.61 bits per heavy atom. The maximum absolute atomic E-state index is 12.8. The summed E-state index contributed by atoms with van der Waals surface area (Å²) in [5.74, 6) is 0.355. The number of nitrogens with zero attached hydrogens (tertiary/aromatic N) is 1. The van der Waals surface area contributed by atoms with Crippen LogP contribution in [0, 0.1) is 5.92 Å². The second-order valence-electron chi connectivity index (χ2n) is 7.74. The smallest absolute Gasteiger partial charge is 0.340 e. The fraction of sp³-hybridized carbons (Fsp3) is 0.417. The van der Waals surface area contributed by atoms with Crippen molar-refractivity contribution in [3.05, 3.63) is 53.6 Å². The van der Waals surface area contributed by atoms with Gasteiger partial charge in [0, 0.05) is 24.3 Å². The fourth-order valence-corrected chi connectivity index (χ4v) is 3.26. The van der Waals surface area contributed by atoms with Crippen LogP contribution in [0.1, 0.15) is 41.5 Å². The molecule has 2 aromatic carbocycles. The summed E-state index contributed by atoms with van der Waals surface area (Å²) in [6.45, 7) is 9.37. The quantitative estimate of drug-likeness (QED) is 0.644. The predicted octanol–water partition coefficient (Wildman–Crippen LogP) is 3.99. The van der Waals surface area contributed by atoms with Crippen molar-refractivity contribution < 1.29 is 23.8 Å². The highest BCUT2D eigenvalue weighted by Gasteiger charge is 2.21. The molecule has 0 aromatic heterocycles. The average molecular weight is 427 g/mol. The Morgan fingerprint density at radius 1 is 1.13 bits per heavy atom. The van der Waals surface area contributed by atoms with Gasteiger partial charge in [0.25, 0.3) is 5.91 Å². The molecule has 0 aliphatic carbocycles. The van der Waals surface area contributed by atoms with E-state index in [1.807, 2.05) is 12.1 Å². The molecular weight excluding hydrogens is 396 g/mol. The van der Waals surface area contributed by atoms with Gasteiger partial charge in [-0.15, -0.1) is 0 Å². The summed E-state index contributed by atoms with van der Waals surface area (Å²) >= 11 is 0. The molecule has 0 radical (unpaired) electrons. The number of carbonyl (C=O) groups excluding carboxylic acids is 2. The zero-order valence-electron chi connectivity index (χ0n) is 18.3. The van der Waals surface area contributed by atoms with Crippen LogP contribution >= 0.6 is 0 Å². The Balaban J connectivity index is 1.79. The van der Waals surface area contributed by atoms with Gasteiger partial charge in [-0.05, 0) is 49.2 Å². The molecule has 1 saturated heterocycles. The maximum atomic E-state index is 12.8. The van der Waals surface area contributed by atoms with Crippen molar-refractivity contribution in [2.24, 2.45) is 5.92 Å². The Bertz CT molecular complexity index is 907. The van der Waals surface area contributed by atoms with Gasteiger partial charge >= 0.3 is 5.97 Å². The Morgan fingerprint density at radius 2 is 1.90 bits per heavy atom. The Kier molecular flexibility index (Phi) is 7.89. The van der Waals surface area contributed by atoms with Crippen LogP contribution in [0.25, 0.3) is 0 Å². The van der Waals surface area contributed by atoms with Gasteiger partial charge in [-0.3, -0.25) is 4.79 Å². The van der Waals surface area contributed by atoms with Crippen LogP contribution in [-0.2, 0) is 9.47 Å². The van der Waals surface area contributed by atoms with Gasteiger partial charge < -0.3 is 24.4 Å². The fourth-order valence-electron chi connectivity index (χ4n) is 3.26. The minimum Gasteiger partial charge on any atom is -0.493 e. The summed E-state index contributed by atoms with van der Waals surface area (Å²) in [5.41, 5.74) is 2.22. The van der Waals surface area contributed by atoms with Crippen molar-refractivity contribution in [1.82, 2.24) is 0 Å². The zero-order chi connectivity index (χ0) is 22.2. The third kappa shape index (κ3) is 6.21. The van der Waals surface area contributed by atoms with E-state index >= 15 is 0 Å². The second-order valence-corrected chi connectivity index (χ2v) is 7.74. The predicted molar refractivity (Wildman–Crippen MR) is 120 cm³/mol. The number of rotatable bonds is 8. The SMILES string of the molecule is CCOC(=O)c1cc(NC(=O)c2cccc(OCC(C)C)c2)ccc1N1CCOCC1. The molecule has 7 nitrogen and oxygen atoms in total. The number of anilines is 2. The number of hydrogen-bond donors (Lipinski definition) is 1. The number of amides is 1. The molecule has 31 heavy (non-hydrogen) atoms. The molecule has 1 aliphatic rings. The molecule has 1 aliphatic heterocycles. The van der Waals surface area contributed by atoms with E-state index in [2.05, 4.69) is 24.1 Å². The molecule has 0 saturated carbocycles. The number of benzene rings is 2. The average Bonchev–Trinajstić information content (AvgIpc) is 2.78. The van der Waals surface area contributed by atoms with Crippen LogP contribution in [0.4, 0.5) is 11.4 Å². The number of ether oxygens (including phenoxy) is 3. The van der Waals surface area contributed by atoms with Gasteiger partial charge in [0.1, 0.15) is 5.75 Å². The summed E-state index contributed by atoms with van der Waals surface area (Å²) in [4.78, 5) is 27.5. The molecule has 0 bridgehead atoms. The zero-order valence-corrected chi connectivity index (χ0v) is 18.3. The summed E-state index contributed by atoms with van der Waals surface area (Å²) in [6.07, 6.45) is 0. The first-order valence-electron chi connectivity index (χ1n) is 10.7. The van der Waals surface area contributed by atoms with Gasteiger partial charge in [0.15, 0.2) is 0 Å².